The number of fused-ring (bicyclic) bond motifs is 5. The minimum atomic E-state index is -0.305. The molecule has 1 saturated heterocycles. The average molecular weight is 555 g/mol. The van der Waals surface area contributed by atoms with Crippen LogP contribution in [0.4, 0.5) is 0 Å². The van der Waals surface area contributed by atoms with Gasteiger partial charge < -0.3 is 9.47 Å². The maximum absolute atomic E-state index is 13.8. The molecule has 0 N–H and O–H groups in total. The van der Waals surface area contributed by atoms with Crippen molar-refractivity contribution in [1.82, 2.24) is 0 Å². The molecule has 3 saturated carbocycles. The van der Waals surface area contributed by atoms with E-state index >= 15 is 0 Å². The van der Waals surface area contributed by atoms with E-state index in [0.29, 0.717) is 35.9 Å². The molecule has 0 aromatic carbocycles. The normalized spacial score (nSPS) is 47.5. The van der Waals surface area contributed by atoms with Crippen LogP contribution in [0.25, 0.3) is 0 Å². The van der Waals surface area contributed by atoms with E-state index in [0.717, 1.165) is 38.5 Å². The molecule has 224 valence electrons. The van der Waals surface area contributed by atoms with Crippen LogP contribution in [0.2, 0.25) is 0 Å². The lowest BCUT2D eigenvalue weighted by Crippen LogP contribution is -2.57. The summed E-state index contributed by atoms with van der Waals surface area (Å²) in [5.41, 5.74) is 1.12. The summed E-state index contributed by atoms with van der Waals surface area (Å²) in [6, 6.07) is 0. The van der Waals surface area contributed by atoms with Gasteiger partial charge in [0.1, 0.15) is 12.2 Å². The molecule has 0 amide bonds. The first kappa shape index (κ1) is 29.8. The zero-order valence-electron chi connectivity index (χ0n) is 26.8. The van der Waals surface area contributed by atoms with Crippen molar-refractivity contribution in [2.24, 2.45) is 63.1 Å². The molecule has 4 fully saturated rings. The van der Waals surface area contributed by atoms with Gasteiger partial charge in [-0.3, -0.25) is 14.4 Å². The molecule has 1 unspecified atom stereocenters. The van der Waals surface area contributed by atoms with Crippen molar-refractivity contribution in [3.05, 3.63) is 11.6 Å². The van der Waals surface area contributed by atoms with Crippen LogP contribution < -0.4 is 0 Å². The smallest absolute Gasteiger partial charge is 0.309 e. The first-order valence-corrected chi connectivity index (χ1v) is 16.1. The number of carbonyl (C=O) groups excluding carboxylic acids is 3. The second kappa shape index (κ2) is 9.69. The van der Waals surface area contributed by atoms with Crippen molar-refractivity contribution < 1.29 is 23.9 Å². The summed E-state index contributed by atoms with van der Waals surface area (Å²) in [5.74, 6) is 1.97. The van der Waals surface area contributed by atoms with Crippen molar-refractivity contribution in [1.29, 1.82) is 0 Å². The molecule has 0 bridgehead atoms. The van der Waals surface area contributed by atoms with Crippen molar-refractivity contribution in [2.75, 3.05) is 0 Å². The van der Waals surface area contributed by atoms with Crippen LogP contribution in [-0.2, 0) is 23.9 Å². The number of cyclic esters (lactones) is 1. The lowest BCUT2D eigenvalue weighted by Gasteiger charge is -2.62. The Balaban J connectivity index is 1.48. The highest BCUT2D eigenvalue weighted by atomic mass is 16.6. The number of ketones is 1. The summed E-state index contributed by atoms with van der Waals surface area (Å²) in [6.07, 6.45) is 8.79. The Morgan fingerprint density at radius 3 is 2.33 bits per heavy atom. The van der Waals surface area contributed by atoms with E-state index in [4.69, 9.17) is 9.47 Å². The molecule has 0 spiro atoms. The molecule has 5 nitrogen and oxygen atoms in total. The Morgan fingerprint density at radius 1 is 1.05 bits per heavy atom. The first-order valence-electron chi connectivity index (χ1n) is 16.1. The van der Waals surface area contributed by atoms with Crippen molar-refractivity contribution >= 4 is 17.7 Å². The number of rotatable bonds is 5. The number of hydrogen-bond donors (Lipinski definition) is 0. The monoisotopic (exact) mass is 554 g/mol. The Kier molecular flexibility index (Phi) is 7.23. The minimum absolute atomic E-state index is 0.00644. The molecule has 5 heteroatoms. The summed E-state index contributed by atoms with van der Waals surface area (Å²) in [4.78, 5) is 38.6. The van der Waals surface area contributed by atoms with Gasteiger partial charge in [0.05, 0.1) is 5.92 Å². The SMILES string of the molecule is CC(=O)O[C@H](C[C@H]1[C@H](C)C(=O)O[C@@H]1C)C(C)(C)[C@H]1CC[C@@]2(C)C3=CC(=O)[C@@H]4C[C@@H](C)[C@@H](C)C[C@]4(C)C3CC[C@]12C. The van der Waals surface area contributed by atoms with Crippen molar-refractivity contribution in [3.63, 3.8) is 0 Å². The second-order valence-electron chi connectivity index (χ2n) is 16.1. The van der Waals surface area contributed by atoms with Gasteiger partial charge in [0.15, 0.2) is 5.78 Å². The van der Waals surface area contributed by atoms with Gasteiger partial charge in [0.2, 0.25) is 0 Å². The molecule has 0 aromatic heterocycles. The van der Waals surface area contributed by atoms with E-state index in [1.54, 1.807) is 0 Å². The van der Waals surface area contributed by atoms with E-state index in [9.17, 15) is 14.4 Å². The largest absolute Gasteiger partial charge is 0.462 e. The fraction of sp³-hybridized carbons (Fsp3) is 0.857. The highest BCUT2D eigenvalue weighted by Gasteiger charge is 2.67. The van der Waals surface area contributed by atoms with Gasteiger partial charge >= 0.3 is 11.9 Å². The fourth-order valence-electron chi connectivity index (χ4n) is 11.0. The molecule has 12 atom stereocenters. The van der Waals surface area contributed by atoms with Gasteiger partial charge in [-0.25, -0.2) is 0 Å². The van der Waals surface area contributed by atoms with Crippen molar-refractivity contribution in [3.8, 4) is 0 Å². The zero-order chi connectivity index (χ0) is 29.6. The molecule has 4 aliphatic carbocycles. The zero-order valence-corrected chi connectivity index (χ0v) is 26.8. The maximum Gasteiger partial charge on any atom is 0.309 e. The molecule has 40 heavy (non-hydrogen) atoms. The summed E-state index contributed by atoms with van der Waals surface area (Å²) in [7, 11) is 0. The number of allylic oxidation sites excluding steroid dienone is 2. The molecule has 0 aromatic rings. The summed E-state index contributed by atoms with van der Waals surface area (Å²) >= 11 is 0. The van der Waals surface area contributed by atoms with Gasteiger partial charge in [-0.1, -0.05) is 61.0 Å². The Labute approximate surface area is 242 Å². The van der Waals surface area contributed by atoms with Gasteiger partial charge in [-0.15, -0.1) is 0 Å². The third kappa shape index (κ3) is 4.17. The molecular formula is C35H54O5. The first-order chi connectivity index (χ1) is 18.5. The number of hydrogen-bond acceptors (Lipinski definition) is 5. The average Bonchev–Trinajstić information content (AvgIpc) is 3.27. The minimum Gasteiger partial charge on any atom is -0.462 e. The van der Waals surface area contributed by atoms with E-state index < -0.39 is 0 Å². The van der Waals surface area contributed by atoms with E-state index in [1.807, 2.05) is 13.8 Å². The quantitative estimate of drug-likeness (QED) is 0.328. The molecule has 1 aliphatic heterocycles. The lowest BCUT2D eigenvalue weighted by atomic mass is 9.42. The third-order valence-electron chi connectivity index (χ3n) is 13.9. The van der Waals surface area contributed by atoms with Crippen LogP contribution in [0.3, 0.4) is 0 Å². The Morgan fingerprint density at radius 2 is 1.73 bits per heavy atom. The second-order valence-corrected chi connectivity index (χ2v) is 16.1. The fourth-order valence-corrected chi connectivity index (χ4v) is 11.0. The lowest BCUT2D eigenvalue weighted by molar-refractivity contribution is -0.163. The van der Waals surface area contributed by atoms with Gasteiger partial charge in [0.25, 0.3) is 0 Å². The van der Waals surface area contributed by atoms with E-state index in [-0.39, 0.29) is 63.6 Å². The summed E-state index contributed by atoms with van der Waals surface area (Å²) < 4.78 is 11.7. The highest BCUT2D eigenvalue weighted by Crippen LogP contribution is 2.73. The van der Waals surface area contributed by atoms with Crippen molar-refractivity contribution in [2.45, 2.75) is 126 Å². The predicted molar refractivity (Wildman–Crippen MR) is 156 cm³/mol. The summed E-state index contributed by atoms with van der Waals surface area (Å²) in [5, 5.41) is 0. The molecule has 1 heterocycles. The molecule has 0 radical (unpaired) electrons. The molecular weight excluding hydrogens is 500 g/mol. The van der Waals surface area contributed by atoms with Crippen LogP contribution in [0.15, 0.2) is 11.6 Å². The number of esters is 2. The van der Waals surface area contributed by atoms with Gasteiger partial charge in [-0.2, -0.15) is 0 Å². The number of carbonyl (C=O) groups is 3. The Hall–Kier alpha value is -1.65. The van der Waals surface area contributed by atoms with Gasteiger partial charge in [0, 0.05) is 24.2 Å². The van der Waals surface area contributed by atoms with E-state index in [1.165, 1.54) is 12.5 Å². The number of ether oxygens (including phenoxy) is 2. The van der Waals surface area contributed by atoms with E-state index in [2.05, 4.69) is 54.5 Å². The highest BCUT2D eigenvalue weighted by molar-refractivity contribution is 5.94. The standard InChI is InChI=1S/C35H54O5/c1-19-15-27-28(37)17-26-25(33(27,8)18-20(19)2)11-13-35(10)29(12-14-34(26,35)9)32(6,7)30(40-23(5)36)16-24-21(3)31(38)39-22(24)4/h17,19-22,24-25,27,29-30H,11-16,18H2,1-10H3/t19-,20+,21+,22-,24+,25?,27+,29-,30-,33-,34+,35-/m1/s1. The maximum atomic E-state index is 13.8. The topological polar surface area (TPSA) is 69.7 Å². The van der Waals surface area contributed by atoms with Gasteiger partial charge in [-0.05, 0) is 97.9 Å². The summed E-state index contributed by atoms with van der Waals surface area (Å²) in [6.45, 7) is 22.0. The van der Waals surface area contributed by atoms with Crippen LogP contribution >= 0.6 is 0 Å². The predicted octanol–water partition coefficient (Wildman–Crippen LogP) is 7.56. The molecule has 5 aliphatic rings. The van der Waals surface area contributed by atoms with Crippen LogP contribution in [0.5, 0.6) is 0 Å². The Bertz CT molecular complexity index is 1110. The molecule has 5 rings (SSSR count). The third-order valence-corrected chi connectivity index (χ3v) is 13.9. The van der Waals surface area contributed by atoms with Crippen LogP contribution in [-0.4, -0.2) is 29.9 Å². The van der Waals surface area contributed by atoms with Crippen LogP contribution in [0, 0.1) is 63.1 Å². The van der Waals surface area contributed by atoms with Crippen LogP contribution in [0.1, 0.15) is 114 Å².